The highest BCUT2D eigenvalue weighted by Crippen LogP contribution is 2.21. The van der Waals surface area contributed by atoms with Crippen molar-refractivity contribution in [1.82, 2.24) is 4.98 Å². The van der Waals surface area contributed by atoms with Gasteiger partial charge in [0.1, 0.15) is 5.76 Å². The molecule has 3 aromatic rings. The second-order valence-electron chi connectivity index (χ2n) is 4.20. The van der Waals surface area contributed by atoms with E-state index in [9.17, 15) is 4.79 Å². The summed E-state index contributed by atoms with van der Waals surface area (Å²) in [5.41, 5.74) is 1.62. The van der Waals surface area contributed by atoms with Crippen LogP contribution in [0.15, 0.2) is 47.0 Å². The molecule has 3 heteroatoms. The van der Waals surface area contributed by atoms with Gasteiger partial charge in [-0.25, -0.2) is 0 Å². The molecule has 1 N–H and O–H groups in total. The number of furan rings is 1. The van der Waals surface area contributed by atoms with Crippen molar-refractivity contribution in [2.75, 3.05) is 0 Å². The number of aromatic nitrogens is 1. The zero-order valence-electron chi connectivity index (χ0n) is 10.1. The van der Waals surface area contributed by atoms with Crippen LogP contribution in [0.2, 0.25) is 0 Å². The first kappa shape index (κ1) is 10.8. The summed E-state index contributed by atoms with van der Waals surface area (Å²) in [6.45, 7) is 2.00. The number of ketones is 1. The van der Waals surface area contributed by atoms with E-state index in [1.54, 1.807) is 12.3 Å². The van der Waals surface area contributed by atoms with Crippen LogP contribution in [-0.2, 0) is 6.42 Å². The summed E-state index contributed by atoms with van der Waals surface area (Å²) in [7, 11) is 0. The monoisotopic (exact) mass is 239 g/mol. The number of nitrogens with one attached hydrogen (secondary N) is 1. The molecule has 2 heterocycles. The van der Waals surface area contributed by atoms with Crippen molar-refractivity contribution < 1.29 is 9.21 Å². The molecule has 3 nitrogen and oxygen atoms in total. The Morgan fingerprint density at radius 3 is 2.83 bits per heavy atom. The molecule has 1 aromatic carbocycles. The predicted octanol–water partition coefficient (Wildman–Crippen LogP) is 3.55. The fourth-order valence-corrected chi connectivity index (χ4v) is 2.08. The molecule has 0 saturated carbocycles. The molecule has 0 bridgehead atoms. The zero-order chi connectivity index (χ0) is 12.5. The number of carbonyl (C=O) groups excluding carboxylic acids is 1. The number of fused-ring (bicyclic) bond motifs is 1. The van der Waals surface area contributed by atoms with Crippen molar-refractivity contribution >= 4 is 16.7 Å². The van der Waals surface area contributed by atoms with Crippen molar-refractivity contribution in [3.05, 3.63) is 59.7 Å². The maximum atomic E-state index is 12.3. The highest BCUT2D eigenvalue weighted by atomic mass is 16.3. The Hall–Kier alpha value is -2.29. The second-order valence-corrected chi connectivity index (χ2v) is 4.20. The first-order chi connectivity index (χ1) is 8.79. The molecule has 18 heavy (non-hydrogen) atoms. The van der Waals surface area contributed by atoms with Gasteiger partial charge in [-0.2, -0.15) is 0 Å². The number of rotatable bonds is 3. The van der Waals surface area contributed by atoms with Gasteiger partial charge in [-0.1, -0.05) is 25.1 Å². The average molecular weight is 239 g/mol. The van der Waals surface area contributed by atoms with Gasteiger partial charge in [0.25, 0.3) is 0 Å². The predicted molar refractivity (Wildman–Crippen MR) is 69.8 cm³/mol. The highest BCUT2D eigenvalue weighted by molar-refractivity contribution is 6.15. The molecule has 0 saturated heterocycles. The Labute approximate surface area is 104 Å². The van der Waals surface area contributed by atoms with Gasteiger partial charge >= 0.3 is 0 Å². The van der Waals surface area contributed by atoms with Gasteiger partial charge in [0, 0.05) is 23.5 Å². The molecular weight excluding hydrogens is 226 g/mol. The standard InChI is InChI=1S/C15H13NO2/c1-2-10-7-8-14(18-10)15(17)12-9-16-13-6-4-3-5-11(12)13/h3-9,16H,2H2,1H3. The molecule has 0 fully saturated rings. The maximum Gasteiger partial charge on any atom is 0.230 e. The van der Waals surface area contributed by atoms with Gasteiger partial charge in [-0.05, 0) is 18.2 Å². The molecule has 0 unspecified atom stereocenters. The minimum Gasteiger partial charge on any atom is -0.458 e. The molecule has 0 aliphatic rings. The molecule has 0 spiro atoms. The van der Waals surface area contributed by atoms with E-state index < -0.39 is 0 Å². The quantitative estimate of drug-likeness (QED) is 0.710. The smallest absolute Gasteiger partial charge is 0.230 e. The second kappa shape index (κ2) is 4.18. The third kappa shape index (κ3) is 1.64. The van der Waals surface area contributed by atoms with E-state index in [2.05, 4.69) is 4.98 Å². The fourth-order valence-electron chi connectivity index (χ4n) is 2.08. The van der Waals surface area contributed by atoms with Crippen molar-refractivity contribution in [2.24, 2.45) is 0 Å². The van der Waals surface area contributed by atoms with Gasteiger partial charge in [0.15, 0.2) is 5.76 Å². The van der Waals surface area contributed by atoms with Gasteiger partial charge in [0.05, 0.1) is 5.56 Å². The summed E-state index contributed by atoms with van der Waals surface area (Å²) in [4.78, 5) is 15.4. The van der Waals surface area contributed by atoms with Crippen LogP contribution in [0.3, 0.4) is 0 Å². The number of hydrogen-bond donors (Lipinski definition) is 1. The van der Waals surface area contributed by atoms with Crippen LogP contribution >= 0.6 is 0 Å². The Bertz CT molecular complexity index is 706. The maximum absolute atomic E-state index is 12.3. The number of benzene rings is 1. The van der Waals surface area contributed by atoms with E-state index in [1.165, 1.54) is 0 Å². The van der Waals surface area contributed by atoms with Crippen LogP contribution in [0, 0.1) is 0 Å². The Morgan fingerprint density at radius 1 is 1.22 bits per heavy atom. The van der Waals surface area contributed by atoms with Crippen LogP contribution in [0.25, 0.3) is 10.9 Å². The number of hydrogen-bond acceptors (Lipinski definition) is 2. The Kier molecular flexibility index (Phi) is 2.52. The van der Waals surface area contributed by atoms with E-state index in [-0.39, 0.29) is 5.78 Å². The minimum atomic E-state index is -0.0767. The van der Waals surface area contributed by atoms with Crippen molar-refractivity contribution in [1.29, 1.82) is 0 Å². The average Bonchev–Trinajstić information content (AvgIpc) is 3.04. The lowest BCUT2D eigenvalue weighted by Gasteiger charge is -1.95. The van der Waals surface area contributed by atoms with Gasteiger partial charge in [-0.3, -0.25) is 4.79 Å². The summed E-state index contributed by atoms with van der Waals surface area (Å²) in [6, 6.07) is 11.3. The largest absolute Gasteiger partial charge is 0.458 e. The SMILES string of the molecule is CCc1ccc(C(=O)c2c[nH]c3ccccc23)o1. The number of carbonyl (C=O) groups is 1. The topological polar surface area (TPSA) is 46.0 Å². The molecule has 2 aromatic heterocycles. The van der Waals surface area contributed by atoms with Crippen LogP contribution in [0.1, 0.15) is 28.8 Å². The first-order valence-corrected chi connectivity index (χ1v) is 5.99. The number of para-hydroxylation sites is 1. The Morgan fingerprint density at radius 2 is 2.06 bits per heavy atom. The minimum absolute atomic E-state index is 0.0767. The lowest BCUT2D eigenvalue weighted by molar-refractivity contribution is 0.101. The van der Waals surface area contributed by atoms with Crippen molar-refractivity contribution in [2.45, 2.75) is 13.3 Å². The molecule has 0 aliphatic carbocycles. The van der Waals surface area contributed by atoms with E-state index >= 15 is 0 Å². The van der Waals surface area contributed by atoms with Gasteiger partial charge in [-0.15, -0.1) is 0 Å². The van der Waals surface area contributed by atoms with Crippen LogP contribution in [0.5, 0.6) is 0 Å². The summed E-state index contributed by atoms with van der Waals surface area (Å²) < 4.78 is 5.50. The number of H-pyrrole nitrogens is 1. The molecule has 0 aliphatic heterocycles. The van der Waals surface area contributed by atoms with E-state index in [1.807, 2.05) is 37.3 Å². The van der Waals surface area contributed by atoms with Crippen LogP contribution < -0.4 is 0 Å². The third-order valence-corrected chi connectivity index (χ3v) is 3.07. The lowest BCUT2D eigenvalue weighted by Crippen LogP contribution is -1.98. The molecule has 0 atom stereocenters. The lowest BCUT2D eigenvalue weighted by atomic mass is 10.1. The third-order valence-electron chi connectivity index (χ3n) is 3.07. The van der Waals surface area contributed by atoms with E-state index in [4.69, 9.17) is 4.42 Å². The van der Waals surface area contributed by atoms with E-state index in [0.717, 1.165) is 23.1 Å². The van der Waals surface area contributed by atoms with Crippen molar-refractivity contribution in [3.8, 4) is 0 Å². The normalized spacial score (nSPS) is 10.9. The molecule has 3 rings (SSSR count). The Balaban J connectivity index is 2.06. The summed E-state index contributed by atoms with van der Waals surface area (Å²) >= 11 is 0. The molecular formula is C15H13NO2. The highest BCUT2D eigenvalue weighted by Gasteiger charge is 2.17. The zero-order valence-corrected chi connectivity index (χ0v) is 10.1. The fraction of sp³-hybridized carbons (Fsp3) is 0.133. The number of aryl methyl sites for hydroxylation is 1. The van der Waals surface area contributed by atoms with Crippen LogP contribution in [0.4, 0.5) is 0 Å². The van der Waals surface area contributed by atoms with E-state index in [0.29, 0.717) is 11.3 Å². The summed E-state index contributed by atoms with van der Waals surface area (Å²) in [6.07, 6.45) is 2.53. The van der Waals surface area contributed by atoms with Crippen molar-refractivity contribution in [3.63, 3.8) is 0 Å². The molecule has 0 radical (unpaired) electrons. The first-order valence-electron chi connectivity index (χ1n) is 5.99. The van der Waals surface area contributed by atoms with Gasteiger partial charge < -0.3 is 9.40 Å². The van der Waals surface area contributed by atoms with Crippen LogP contribution in [-0.4, -0.2) is 10.8 Å². The number of aromatic amines is 1. The molecule has 90 valence electrons. The molecule has 0 amide bonds. The summed E-state index contributed by atoms with van der Waals surface area (Å²) in [5.74, 6) is 1.15. The van der Waals surface area contributed by atoms with Gasteiger partial charge in [0.2, 0.25) is 5.78 Å². The summed E-state index contributed by atoms with van der Waals surface area (Å²) in [5, 5.41) is 0.928.